The second kappa shape index (κ2) is 10.4. The van der Waals surface area contributed by atoms with E-state index in [1.165, 1.54) is 26.0 Å². The molecule has 4 rings (SSSR count). The van der Waals surface area contributed by atoms with Crippen LogP contribution in [0.25, 0.3) is 0 Å². The minimum Gasteiger partial charge on any atom is -0.487 e. The fourth-order valence-corrected chi connectivity index (χ4v) is 5.81. The van der Waals surface area contributed by atoms with Gasteiger partial charge in [-0.1, -0.05) is 19.4 Å². The molecule has 1 spiro atoms. The number of ether oxygens (including phenoxy) is 1. The number of benzene rings is 1. The molecule has 13 heteroatoms. The summed E-state index contributed by atoms with van der Waals surface area (Å²) in [6, 6.07) is 2.93. The highest BCUT2D eigenvalue weighted by Gasteiger charge is 2.49. The standard InChI is InChI=1S/C25H30F2N4O6S/c1-4-5-10-37-22-20-24(34)29(2)14-25(8-9-30(15-25)38(3,35)36)31(20)13-18(21(22)32)23(33)28-12-16-6-7-17(26)11-19(16)27/h6-7,11,13H,4-5,8-10,12,14-15H2,1-3H3,(H,28,33). The molecule has 1 aromatic heterocycles. The molecule has 10 nitrogen and oxygen atoms in total. The zero-order chi connectivity index (χ0) is 27.8. The smallest absolute Gasteiger partial charge is 0.274 e. The molecule has 1 unspecified atom stereocenters. The molecule has 0 aliphatic carbocycles. The third-order valence-corrected chi connectivity index (χ3v) is 8.22. The van der Waals surface area contributed by atoms with E-state index < -0.39 is 44.4 Å². The Hall–Kier alpha value is -3.32. The number of carbonyl (C=O) groups excluding carboxylic acids is 2. The van der Waals surface area contributed by atoms with Crippen LogP contribution in [0, 0.1) is 11.6 Å². The SMILES string of the molecule is CCCCOc1c2n(cc(C(=O)NCc3ccc(F)cc3F)c1=O)C1(CCN(S(C)(=O)=O)C1)CN(C)C2=O. The van der Waals surface area contributed by atoms with Crippen LogP contribution in [-0.2, 0) is 22.1 Å². The number of nitrogens with zero attached hydrogens (tertiary/aromatic N) is 3. The van der Waals surface area contributed by atoms with Gasteiger partial charge >= 0.3 is 0 Å². The van der Waals surface area contributed by atoms with Crippen LogP contribution < -0.4 is 15.5 Å². The van der Waals surface area contributed by atoms with Crippen molar-refractivity contribution in [2.24, 2.45) is 0 Å². The number of halogens is 2. The lowest BCUT2D eigenvalue weighted by molar-refractivity contribution is 0.0612. The number of unbranched alkanes of at least 4 members (excludes halogenated alkanes) is 1. The predicted octanol–water partition coefficient (Wildman–Crippen LogP) is 1.68. The van der Waals surface area contributed by atoms with Crippen molar-refractivity contribution >= 4 is 21.8 Å². The predicted molar refractivity (Wildman–Crippen MR) is 135 cm³/mol. The summed E-state index contributed by atoms with van der Waals surface area (Å²) >= 11 is 0. The van der Waals surface area contributed by atoms with Gasteiger partial charge in [0, 0.05) is 51.1 Å². The van der Waals surface area contributed by atoms with Crippen LogP contribution in [-0.4, -0.2) is 73.5 Å². The molecule has 206 valence electrons. The highest BCUT2D eigenvalue weighted by Crippen LogP contribution is 2.38. The first-order valence-electron chi connectivity index (χ1n) is 12.2. The lowest BCUT2D eigenvalue weighted by Crippen LogP contribution is -2.55. The van der Waals surface area contributed by atoms with Crippen LogP contribution in [0.3, 0.4) is 0 Å². The van der Waals surface area contributed by atoms with Gasteiger partial charge in [-0.15, -0.1) is 0 Å². The number of hydrogen-bond donors (Lipinski definition) is 1. The number of likely N-dealkylation sites (N-methyl/N-ethyl adjacent to an activating group) is 1. The highest BCUT2D eigenvalue weighted by atomic mass is 32.2. The Morgan fingerprint density at radius 1 is 1.21 bits per heavy atom. The van der Waals surface area contributed by atoms with E-state index in [9.17, 15) is 31.6 Å². The molecule has 1 N–H and O–H groups in total. The van der Waals surface area contributed by atoms with E-state index in [2.05, 4.69) is 5.32 Å². The summed E-state index contributed by atoms with van der Waals surface area (Å²) < 4.78 is 60.5. The van der Waals surface area contributed by atoms with Crippen molar-refractivity contribution in [3.05, 3.63) is 63.1 Å². The number of fused-ring (bicyclic) bond motifs is 2. The van der Waals surface area contributed by atoms with Gasteiger partial charge in [0.15, 0.2) is 11.4 Å². The first-order valence-corrected chi connectivity index (χ1v) is 14.1. The Kier molecular flexibility index (Phi) is 7.62. The van der Waals surface area contributed by atoms with E-state index in [0.717, 1.165) is 18.7 Å². The van der Waals surface area contributed by atoms with Gasteiger partial charge in [0.2, 0.25) is 15.5 Å². The van der Waals surface area contributed by atoms with Gasteiger partial charge in [-0.25, -0.2) is 17.2 Å². The molecule has 38 heavy (non-hydrogen) atoms. The summed E-state index contributed by atoms with van der Waals surface area (Å²) in [7, 11) is -1.97. The molecule has 0 bridgehead atoms. The van der Waals surface area contributed by atoms with Crippen molar-refractivity contribution in [1.82, 2.24) is 19.1 Å². The van der Waals surface area contributed by atoms with Crippen molar-refractivity contribution < 1.29 is 31.5 Å². The maximum absolute atomic E-state index is 14.1. The van der Waals surface area contributed by atoms with Crippen LogP contribution >= 0.6 is 0 Å². The number of aromatic nitrogens is 1. The average Bonchev–Trinajstić information content (AvgIpc) is 3.28. The summed E-state index contributed by atoms with van der Waals surface area (Å²) in [5, 5.41) is 2.48. The van der Waals surface area contributed by atoms with Gasteiger partial charge in [0.1, 0.15) is 17.2 Å². The van der Waals surface area contributed by atoms with Crippen LogP contribution in [0.2, 0.25) is 0 Å². The summed E-state index contributed by atoms with van der Waals surface area (Å²) in [6.07, 6.45) is 4.05. The zero-order valence-electron chi connectivity index (χ0n) is 21.4. The van der Waals surface area contributed by atoms with E-state index >= 15 is 0 Å². The molecule has 2 aliphatic rings. The largest absolute Gasteiger partial charge is 0.487 e. The summed E-state index contributed by atoms with van der Waals surface area (Å²) in [5.41, 5.74) is -2.10. The summed E-state index contributed by atoms with van der Waals surface area (Å²) in [6.45, 7) is 2.14. The first kappa shape index (κ1) is 27.7. The van der Waals surface area contributed by atoms with Gasteiger partial charge < -0.3 is 19.5 Å². The second-order valence-electron chi connectivity index (χ2n) is 9.77. The lowest BCUT2D eigenvalue weighted by atomic mass is 9.92. The maximum atomic E-state index is 14.1. The van der Waals surface area contributed by atoms with Crippen molar-refractivity contribution in [3.63, 3.8) is 0 Å². The molecule has 1 aromatic carbocycles. The van der Waals surface area contributed by atoms with E-state index in [1.54, 1.807) is 7.05 Å². The van der Waals surface area contributed by atoms with Gasteiger partial charge in [-0.3, -0.25) is 14.4 Å². The summed E-state index contributed by atoms with van der Waals surface area (Å²) in [5.74, 6) is -3.23. The van der Waals surface area contributed by atoms with Crippen LogP contribution in [0.1, 0.15) is 52.6 Å². The number of rotatable bonds is 8. The summed E-state index contributed by atoms with van der Waals surface area (Å²) in [4.78, 5) is 41.4. The fourth-order valence-electron chi connectivity index (χ4n) is 4.91. The Bertz CT molecular complexity index is 1440. The third kappa shape index (κ3) is 5.17. The second-order valence-corrected chi connectivity index (χ2v) is 11.8. The lowest BCUT2D eigenvalue weighted by Gasteiger charge is -2.42. The van der Waals surface area contributed by atoms with Crippen molar-refractivity contribution in [1.29, 1.82) is 0 Å². The van der Waals surface area contributed by atoms with Crippen LogP contribution in [0.5, 0.6) is 5.75 Å². The van der Waals surface area contributed by atoms with Crippen molar-refractivity contribution in [2.45, 2.75) is 38.3 Å². The zero-order valence-corrected chi connectivity index (χ0v) is 22.2. The number of hydrogen-bond acceptors (Lipinski definition) is 6. The molecule has 2 amide bonds. The third-order valence-electron chi connectivity index (χ3n) is 6.97. The van der Waals surface area contributed by atoms with Gasteiger partial charge in [0.25, 0.3) is 11.8 Å². The van der Waals surface area contributed by atoms with Gasteiger partial charge in [-0.2, -0.15) is 4.31 Å². The molecule has 3 heterocycles. The molecule has 1 saturated heterocycles. The molecule has 2 aliphatic heterocycles. The van der Waals surface area contributed by atoms with Gasteiger partial charge in [0.05, 0.1) is 18.4 Å². The van der Waals surface area contributed by atoms with E-state index in [1.807, 2.05) is 6.92 Å². The molecule has 1 atom stereocenters. The van der Waals surface area contributed by atoms with Gasteiger partial charge in [-0.05, 0) is 18.9 Å². The number of pyridine rings is 1. The van der Waals surface area contributed by atoms with E-state index in [4.69, 9.17) is 4.74 Å². The van der Waals surface area contributed by atoms with E-state index in [0.29, 0.717) is 18.9 Å². The number of nitrogens with one attached hydrogen (secondary N) is 1. The molecular formula is C25H30F2N4O6S. The Morgan fingerprint density at radius 2 is 1.95 bits per heavy atom. The number of amides is 2. The first-order chi connectivity index (χ1) is 17.9. The fraction of sp³-hybridized carbons (Fsp3) is 0.480. The Labute approximate surface area is 219 Å². The minimum atomic E-state index is -3.54. The number of sulfonamides is 1. The molecule has 0 radical (unpaired) electrons. The monoisotopic (exact) mass is 552 g/mol. The molecule has 2 aromatic rings. The normalized spacial score (nSPS) is 19.6. The van der Waals surface area contributed by atoms with Crippen LogP contribution in [0.15, 0.2) is 29.2 Å². The topological polar surface area (TPSA) is 118 Å². The average molecular weight is 553 g/mol. The highest BCUT2D eigenvalue weighted by molar-refractivity contribution is 7.88. The number of carbonyl (C=O) groups is 2. The van der Waals surface area contributed by atoms with Crippen LogP contribution in [0.4, 0.5) is 8.78 Å². The minimum absolute atomic E-state index is 0.0186. The van der Waals surface area contributed by atoms with Crippen molar-refractivity contribution in [3.8, 4) is 5.75 Å². The van der Waals surface area contributed by atoms with Crippen molar-refractivity contribution in [2.75, 3.05) is 39.5 Å². The Morgan fingerprint density at radius 3 is 2.58 bits per heavy atom. The Balaban J connectivity index is 1.80. The van der Waals surface area contributed by atoms with E-state index in [-0.39, 0.29) is 55.4 Å². The quantitative estimate of drug-likeness (QED) is 0.498. The molecule has 0 saturated carbocycles. The molecular weight excluding hydrogens is 522 g/mol. The molecule has 1 fully saturated rings. The maximum Gasteiger partial charge on any atom is 0.274 e.